The standard InChI is InChI=1S/C18H24N2O3/c1-14-5-4-10-19(11-8-14)17(21)9-12-20-15-6-2-3-7-16(15)23-13-18(20)22/h2-3,6-7,14H,4-5,8-13H2,1H3. The first-order chi connectivity index (χ1) is 11.1. The SMILES string of the molecule is CC1CCCN(C(=O)CCN2C(=O)COc3ccccc32)CC1. The molecule has 23 heavy (non-hydrogen) atoms. The molecule has 0 bridgehead atoms. The minimum atomic E-state index is -0.0824. The molecule has 0 radical (unpaired) electrons. The molecule has 0 aromatic heterocycles. The molecule has 2 aliphatic heterocycles. The Morgan fingerprint density at radius 1 is 1.26 bits per heavy atom. The van der Waals surface area contributed by atoms with E-state index in [2.05, 4.69) is 6.92 Å². The highest BCUT2D eigenvalue weighted by Crippen LogP contribution is 2.31. The van der Waals surface area contributed by atoms with E-state index < -0.39 is 0 Å². The predicted molar refractivity (Wildman–Crippen MR) is 88.5 cm³/mol. The fourth-order valence-electron chi connectivity index (χ4n) is 3.28. The molecule has 0 N–H and O–H groups in total. The molecule has 1 fully saturated rings. The van der Waals surface area contributed by atoms with Gasteiger partial charge in [0, 0.05) is 26.1 Å². The lowest BCUT2D eigenvalue weighted by Gasteiger charge is -2.30. The predicted octanol–water partition coefficient (Wildman–Crippen LogP) is 2.45. The van der Waals surface area contributed by atoms with Crippen molar-refractivity contribution < 1.29 is 14.3 Å². The number of anilines is 1. The van der Waals surface area contributed by atoms with Gasteiger partial charge in [0.2, 0.25) is 5.91 Å². The average molecular weight is 316 g/mol. The molecular formula is C18H24N2O3. The van der Waals surface area contributed by atoms with Gasteiger partial charge in [-0.3, -0.25) is 9.59 Å². The Hall–Kier alpha value is -2.04. The highest BCUT2D eigenvalue weighted by molar-refractivity contribution is 5.98. The maximum Gasteiger partial charge on any atom is 0.265 e. The third kappa shape index (κ3) is 3.66. The number of para-hydroxylation sites is 2. The molecule has 5 nitrogen and oxygen atoms in total. The van der Waals surface area contributed by atoms with E-state index >= 15 is 0 Å². The van der Waals surface area contributed by atoms with Crippen LogP contribution in [0, 0.1) is 5.92 Å². The van der Waals surface area contributed by atoms with Crippen LogP contribution in [-0.2, 0) is 9.59 Å². The zero-order valence-corrected chi connectivity index (χ0v) is 13.7. The maximum absolute atomic E-state index is 12.5. The van der Waals surface area contributed by atoms with Gasteiger partial charge in [0.05, 0.1) is 5.69 Å². The minimum absolute atomic E-state index is 0.0480. The summed E-state index contributed by atoms with van der Waals surface area (Å²) >= 11 is 0. The summed E-state index contributed by atoms with van der Waals surface area (Å²) in [7, 11) is 0. The molecule has 2 amide bonds. The van der Waals surface area contributed by atoms with Crippen molar-refractivity contribution in [3.05, 3.63) is 24.3 Å². The Balaban J connectivity index is 1.61. The van der Waals surface area contributed by atoms with Gasteiger partial charge in [0.15, 0.2) is 6.61 Å². The summed E-state index contributed by atoms with van der Waals surface area (Å²) in [5.41, 5.74) is 0.765. The largest absolute Gasteiger partial charge is 0.482 e. The number of fused-ring (bicyclic) bond motifs is 1. The molecule has 124 valence electrons. The van der Waals surface area contributed by atoms with Crippen molar-refractivity contribution >= 4 is 17.5 Å². The van der Waals surface area contributed by atoms with E-state index in [1.165, 1.54) is 6.42 Å². The van der Waals surface area contributed by atoms with E-state index in [0.29, 0.717) is 24.6 Å². The third-order valence-corrected chi connectivity index (χ3v) is 4.73. The lowest BCUT2D eigenvalue weighted by Crippen LogP contribution is -2.42. The van der Waals surface area contributed by atoms with Crippen molar-refractivity contribution in [2.45, 2.75) is 32.6 Å². The zero-order valence-electron chi connectivity index (χ0n) is 13.7. The van der Waals surface area contributed by atoms with E-state index in [4.69, 9.17) is 4.74 Å². The van der Waals surface area contributed by atoms with Crippen LogP contribution in [0.25, 0.3) is 0 Å². The quantitative estimate of drug-likeness (QED) is 0.860. The number of carbonyl (C=O) groups is 2. The molecule has 1 aromatic carbocycles. The number of hydrogen-bond donors (Lipinski definition) is 0. The zero-order chi connectivity index (χ0) is 16.2. The Bertz CT molecular complexity index is 587. The van der Waals surface area contributed by atoms with Gasteiger partial charge < -0.3 is 14.5 Å². The topological polar surface area (TPSA) is 49.9 Å². The van der Waals surface area contributed by atoms with Crippen LogP contribution in [0.15, 0.2) is 24.3 Å². The van der Waals surface area contributed by atoms with E-state index in [1.54, 1.807) is 4.90 Å². The van der Waals surface area contributed by atoms with Gasteiger partial charge >= 0.3 is 0 Å². The van der Waals surface area contributed by atoms with Crippen LogP contribution in [0.2, 0.25) is 0 Å². The van der Waals surface area contributed by atoms with Crippen LogP contribution >= 0.6 is 0 Å². The number of carbonyl (C=O) groups excluding carboxylic acids is 2. The van der Waals surface area contributed by atoms with Crippen molar-refractivity contribution in [3.63, 3.8) is 0 Å². The molecule has 2 aliphatic rings. The second-order valence-corrected chi connectivity index (χ2v) is 6.47. The first-order valence-corrected chi connectivity index (χ1v) is 8.45. The molecule has 0 spiro atoms. The fraction of sp³-hybridized carbons (Fsp3) is 0.556. The van der Waals surface area contributed by atoms with Crippen molar-refractivity contribution in [1.82, 2.24) is 4.90 Å². The Morgan fingerprint density at radius 3 is 2.96 bits per heavy atom. The second-order valence-electron chi connectivity index (χ2n) is 6.47. The summed E-state index contributed by atoms with van der Waals surface area (Å²) in [5, 5.41) is 0. The lowest BCUT2D eigenvalue weighted by atomic mass is 10.0. The van der Waals surface area contributed by atoms with Crippen LogP contribution in [0.5, 0.6) is 5.75 Å². The highest BCUT2D eigenvalue weighted by atomic mass is 16.5. The Labute approximate surface area is 137 Å². The van der Waals surface area contributed by atoms with Gasteiger partial charge in [-0.2, -0.15) is 0 Å². The van der Waals surface area contributed by atoms with E-state index in [0.717, 1.165) is 31.6 Å². The number of amides is 2. The van der Waals surface area contributed by atoms with Gasteiger partial charge in [-0.1, -0.05) is 19.1 Å². The van der Waals surface area contributed by atoms with Gasteiger partial charge in [0.1, 0.15) is 5.75 Å². The van der Waals surface area contributed by atoms with Crippen LogP contribution in [0.4, 0.5) is 5.69 Å². The Morgan fingerprint density at radius 2 is 2.09 bits per heavy atom. The summed E-state index contributed by atoms with van der Waals surface area (Å²) in [6.45, 7) is 4.40. The smallest absolute Gasteiger partial charge is 0.265 e. The highest BCUT2D eigenvalue weighted by Gasteiger charge is 2.26. The van der Waals surface area contributed by atoms with Gasteiger partial charge in [-0.15, -0.1) is 0 Å². The van der Waals surface area contributed by atoms with E-state index in [9.17, 15) is 9.59 Å². The molecule has 2 heterocycles. The number of likely N-dealkylation sites (tertiary alicyclic amines) is 1. The molecule has 0 aliphatic carbocycles. The summed E-state index contributed by atoms with van der Waals surface area (Å²) < 4.78 is 5.43. The summed E-state index contributed by atoms with van der Waals surface area (Å²) in [6, 6.07) is 7.49. The summed E-state index contributed by atoms with van der Waals surface area (Å²) in [4.78, 5) is 28.2. The molecule has 0 saturated carbocycles. The molecule has 3 rings (SSSR count). The number of rotatable bonds is 3. The average Bonchev–Trinajstić information content (AvgIpc) is 2.78. The van der Waals surface area contributed by atoms with Gasteiger partial charge in [-0.25, -0.2) is 0 Å². The van der Waals surface area contributed by atoms with Crippen molar-refractivity contribution in [3.8, 4) is 5.75 Å². The van der Waals surface area contributed by atoms with Crippen molar-refractivity contribution in [2.75, 3.05) is 31.1 Å². The van der Waals surface area contributed by atoms with Gasteiger partial charge in [0.25, 0.3) is 5.91 Å². The van der Waals surface area contributed by atoms with Crippen LogP contribution in [-0.4, -0.2) is 43.0 Å². The lowest BCUT2D eigenvalue weighted by molar-refractivity contribution is -0.131. The van der Waals surface area contributed by atoms with Crippen molar-refractivity contribution in [2.24, 2.45) is 5.92 Å². The number of hydrogen-bond acceptors (Lipinski definition) is 3. The number of benzene rings is 1. The van der Waals surface area contributed by atoms with Crippen LogP contribution in [0.3, 0.4) is 0 Å². The van der Waals surface area contributed by atoms with Crippen LogP contribution < -0.4 is 9.64 Å². The number of nitrogens with zero attached hydrogens (tertiary/aromatic N) is 2. The normalized spacial score (nSPS) is 21.4. The number of ether oxygens (including phenoxy) is 1. The summed E-state index contributed by atoms with van der Waals surface area (Å²) in [6.07, 6.45) is 3.71. The molecule has 5 heteroatoms. The second kappa shape index (κ2) is 7.02. The van der Waals surface area contributed by atoms with E-state index in [-0.39, 0.29) is 18.4 Å². The van der Waals surface area contributed by atoms with Crippen molar-refractivity contribution in [1.29, 1.82) is 0 Å². The Kier molecular flexibility index (Phi) is 4.84. The first-order valence-electron chi connectivity index (χ1n) is 8.45. The monoisotopic (exact) mass is 316 g/mol. The molecule has 1 aromatic rings. The molecule has 1 saturated heterocycles. The first kappa shape index (κ1) is 15.8. The minimum Gasteiger partial charge on any atom is -0.482 e. The van der Waals surface area contributed by atoms with Crippen LogP contribution in [0.1, 0.15) is 32.6 Å². The molecule has 1 atom stereocenters. The maximum atomic E-state index is 12.5. The third-order valence-electron chi connectivity index (χ3n) is 4.73. The van der Waals surface area contributed by atoms with E-state index in [1.807, 2.05) is 29.2 Å². The van der Waals surface area contributed by atoms with Gasteiger partial charge in [-0.05, 0) is 37.3 Å². The molecule has 1 unspecified atom stereocenters. The fourth-order valence-corrected chi connectivity index (χ4v) is 3.28. The summed E-state index contributed by atoms with van der Waals surface area (Å²) in [5.74, 6) is 1.47. The molecular weight excluding hydrogens is 292 g/mol.